The van der Waals surface area contributed by atoms with Crippen LogP contribution in [0.3, 0.4) is 0 Å². The van der Waals surface area contributed by atoms with Crippen molar-refractivity contribution >= 4 is 50.3 Å². The van der Waals surface area contributed by atoms with E-state index in [1.54, 1.807) is 12.1 Å². The topological polar surface area (TPSA) is 57.7 Å². The van der Waals surface area contributed by atoms with Crippen LogP contribution >= 0.6 is 23.2 Å². The van der Waals surface area contributed by atoms with Gasteiger partial charge in [0.05, 0.1) is 20.6 Å². The molecule has 2 heterocycles. The van der Waals surface area contributed by atoms with Crippen LogP contribution in [0.4, 0.5) is 15.8 Å². The Bertz CT molecular complexity index is 1110. The van der Waals surface area contributed by atoms with Crippen LogP contribution in [0.1, 0.15) is 12.8 Å². The number of amides is 1. The van der Waals surface area contributed by atoms with Crippen molar-refractivity contribution in [2.75, 3.05) is 18.0 Å². The second-order valence-electron chi connectivity index (χ2n) is 6.58. The minimum atomic E-state index is -4.09. The SMILES string of the molecule is O=C(C1=CN(c2ccc(Cl)c(Cl)c2)c2cc(F)ccc2S1(=O)=O)N1CCCC1. The predicted molar refractivity (Wildman–Crippen MR) is 106 cm³/mol. The van der Waals surface area contributed by atoms with E-state index in [9.17, 15) is 17.6 Å². The molecule has 9 heteroatoms. The standard InChI is InChI=1S/C19H15Cl2FN2O3S/c20-14-5-4-13(10-15(14)21)24-11-18(19(25)23-7-1-2-8-23)28(26,27)17-6-3-12(22)9-16(17)24/h3-6,9-11H,1-2,7-8H2. The Morgan fingerprint density at radius 2 is 1.71 bits per heavy atom. The van der Waals surface area contributed by atoms with E-state index in [1.165, 1.54) is 28.1 Å². The first-order valence-corrected chi connectivity index (χ1v) is 10.8. The van der Waals surface area contributed by atoms with Crippen molar-refractivity contribution in [3.05, 3.63) is 63.4 Å². The lowest BCUT2D eigenvalue weighted by atomic mass is 10.2. The number of benzene rings is 2. The minimum Gasteiger partial charge on any atom is -0.338 e. The lowest BCUT2D eigenvalue weighted by Gasteiger charge is -2.30. The molecule has 0 unspecified atom stereocenters. The highest BCUT2D eigenvalue weighted by Gasteiger charge is 2.38. The van der Waals surface area contributed by atoms with Gasteiger partial charge in [0.2, 0.25) is 9.84 Å². The number of likely N-dealkylation sites (tertiary alicyclic amines) is 1. The number of hydrogen-bond donors (Lipinski definition) is 0. The Labute approximate surface area is 171 Å². The number of halogens is 3. The van der Waals surface area contributed by atoms with E-state index in [4.69, 9.17) is 23.2 Å². The normalized spacial score (nSPS) is 18.0. The number of fused-ring (bicyclic) bond motifs is 1. The molecule has 2 aliphatic rings. The zero-order valence-electron chi connectivity index (χ0n) is 14.5. The number of carbonyl (C=O) groups is 1. The van der Waals surface area contributed by atoms with Crippen LogP contribution < -0.4 is 4.90 Å². The maximum atomic E-state index is 13.9. The van der Waals surface area contributed by atoms with Gasteiger partial charge in [0.1, 0.15) is 5.82 Å². The smallest absolute Gasteiger partial charge is 0.267 e. The number of hydrogen-bond acceptors (Lipinski definition) is 4. The molecule has 146 valence electrons. The van der Waals surface area contributed by atoms with Crippen LogP contribution in [0.15, 0.2) is 52.4 Å². The molecule has 0 bridgehead atoms. The minimum absolute atomic E-state index is 0.108. The van der Waals surface area contributed by atoms with E-state index in [0.29, 0.717) is 23.8 Å². The molecule has 5 nitrogen and oxygen atoms in total. The molecule has 1 saturated heterocycles. The average Bonchev–Trinajstić information content (AvgIpc) is 3.18. The van der Waals surface area contributed by atoms with Crippen molar-refractivity contribution in [3.63, 3.8) is 0 Å². The first-order chi connectivity index (χ1) is 13.3. The summed E-state index contributed by atoms with van der Waals surface area (Å²) in [5.41, 5.74) is 0.569. The molecule has 28 heavy (non-hydrogen) atoms. The zero-order chi connectivity index (χ0) is 20.1. The Kier molecular flexibility index (Phi) is 4.85. The van der Waals surface area contributed by atoms with Gasteiger partial charge in [-0.1, -0.05) is 23.2 Å². The quantitative estimate of drug-likeness (QED) is 0.643. The molecule has 0 spiro atoms. The molecule has 4 rings (SSSR count). The Balaban J connectivity index is 1.91. The summed E-state index contributed by atoms with van der Waals surface area (Å²) in [5.74, 6) is -1.15. The fourth-order valence-electron chi connectivity index (χ4n) is 3.38. The van der Waals surface area contributed by atoms with Crippen LogP contribution in [0.2, 0.25) is 10.0 Å². The van der Waals surface area contributed by atoms with Gasteiger partial charge in [0.25, 0.3) is 5.91 Å². The largest absolute Gasteiger partial charge is 0.338 e. The predicted octanol–water partition coefficient (Wildman–Crippen LogP) is 4.52. The second-order valence-corrected chi connectivity index (χ2v) is 9.28. The molecule has 2 aromatic rings. The molecule has 1 amide bonds. The molecule has 0 atom stereocenters. The van der Waals surface area contributed by atoms with Crippen molar-refractivity contribution in [2.24, 2.45) is 0 Å². The maximum absolute atomic E-state index is 13.9. The Morgan fingerprint density at radius 3 is 2.39 bits per heavy atom. The van der Waals surface area contributed by atoms with Crippen LogP contribution in [-0.4, -0.2) is 32.3 Å². The summed E-state index contributed by atoms with van der Waals surface area (Å²) < 4.78 is 40.1. The van der Waals surface area contributed by atoms with Crippen molar-refractivity contribution < 1.29 is 17.6 Å². The van der Waals surface area contributed by atoms with Crippen molar-refractivity contribution in [3.8, 4) is 0 Å². The average molecular weight is 441 g/mol. The van der Waals surface area contributed by atoms with Crippen LogP contribution in [0, 0.1) is 5.82 Å². The molecule has 2 aliphatic heterocycles. The van der Waals surface area contributed by atoms with Crippen molar-refractivity contribution in [1.29, 1.82) is 0 Å². The molecule has 0 aromatic heterocycles. The Hall–Kier alpha value is -2.09. The van der Waals surface area contributed by atoms with Gasteiger partial charge in [-0.05, 0) is 49.2 Å². The summed E-state index contributed by atoms with van der Waals surface area (Å²) in [4.78, 5) is 15.4. The Morgan fingerprint density at radius 1 is 1.00 bits per heavy atom. The highest BCUT2D eigenvalue weighted by Crippen LogP contribution is 2.41. The van der Waals surface area contributed by atoms with E-state index in [2.05, 4.69) is 0 Å². The van der Waals surface area contributed by atoms with E-state index in [0.717, 1.165) is 25.0 Å². The van der Waals surface area contributed by atoms with Crippen LogP contribution in [0.25, 0.3) is 0 Å². The highest BCUT2D eigenvalue weighted by atomic mass is 35.5. The molecule has 0 saturated carbocycles. The van der Waals surface area contributed by atoms with E-state index < -0.39 is 21.6 Å². The lowest BCUT2D eigenvalue weighted by Crippen LogP contribution is -2.35. The summed E-state index contributed by atoms with van der Waals surface area (Å²) in [6, 6.07) is 8.06. The second kappa shape index (κ2) is 7.06. The summed E-state index contributed by atoms with van der Waals surface area (Å²) >= 11 is 12.1. The van der Waals surface area contributed by atoms with Gasteiger partial charge in [-0.2, -0.15) is 0 Å². The third kappa shape index (κ3) is 3.17. The van der Waals surface area contributed by atoms with Gasteiger partial charge in [-0.15, -0.1) is 0 Å². The fourth-order valence-corrected chi connectivity index (χ4v) is 5.19. The molecule has 1 fully saturated rings. The number of anilines is 2. The van der Waals surface area contributed by atoms with E-state index in [1.807, 2.05) is 0 Å². The number of rotatable bonds is 2. The van der Waals surface area contributed by atoms with Gasteiger partial charge >= 0.3 is 0 Å². The summed E-state index contributed by atoms with van der Waals surface area (Å²) in [6.07, 6.45) is 2.89. The summed E-state index contributed by atoms with van der Waals surface area (Å²) in [6.45, 7) is 1.02. The molecular weight excluding hydrogens is 426 g/mol. The number of sulfone groups is 1. The third-order valence-electron chi connectivity index (χ3n) is 4.79. The first kappa shape index (κ1) is 19.2. The lowest BCUT2D eigenvalue weighted by molar-refractivity contribution is -0.125. The van der Waals surface area contributed by atoms with E-state index in [-0.39, 0.29) is 20.5 Å². The zero-order valence-corrected chi connectivity index (χ0v) is 16.9. The van der Waals surface area contributed by atoms with Gasteiger partial charge in [-0.25, -0.2) is 12.8 Å². The van der Waals surface area contributed by atoms with Gasteiger partial charge in [0.15, 0.2) is 4.91 Å². The van der Waals surface area contributed by atoms with Gasteiger partial charge in [0, 0.05) is 25.0 Å². The molecule has 0 N–H and O–H groups in total. The maximum Gasteiger partial charge on any atom is 0.267 e. The number of carbonyl (C=O) groups excluding carboxylic acids is 1. The van der Waals surface area contributed by atoms with E-state index >= 15 is 0 Å². The molecule has 0 aliphatic carbocycles. The number of nitrogens with zero attached hydrogens (tertiary/aromatic N) is 2. The van der Waals surface area contributed by atoms with Crippen molar-refractivity contribution in [2.45, 2.75) is 17.7 Å². The molecule has 2 aromatic carbocycles. The summed E-state index contributed by atoms with van der Waals surface area (Å²) in [7, 11) is -4.09. The molecule has 0 radical (unpaired) electrons. The summed E-state index contributed by atoms with van der Waals surface area (Å²) in [5, 5.41) is 0.582. The first-order valence-electron chi connectivity index (χ1n) is 8.59. The molecular formula is C19H15Cl2FN2O3S. The van der Waals surface area contributed by atoms with Crippen LogP contribution in [-0.2, 0) is 14.6 Å². The highest BCUT2D eigenvalue weighted by molar-refractivity contribution is 7.96. The van der Waals surface area contributed by atoms with Crippen molar-refractivity contribution in [1.82, 2.24) is 4.90 Å². The monoisotopic (exact) mass is 440 g/mol. The third-order valence-corrected chi connectivity index (χ3v) is 7.31. The van der Waals surface area contributed by atoms with Gasteiger partial charge < -0.3 is 9.80 Å². The van der Waals surface area contributed by atoms with Crippen LogP contribution in [0.5, 0.6) is 0 Å². The van der Waals surface area contributed by atoms with Gasteiger partial charge in [-0.3, -0.25) is 4.79 Å². The fraction of sp³-hybridized carbons (Fsp3) is 0.211.